The van der Waals surface area contributed by atoms with Crippen molar-refractivity contribution in [1.82, 2.24) is 0 Å². The number of carbonyl (C=O) groups is 2. The summed E-state index contributed by atoms with van der Waals surface area (Å²) in [4.78, 5) is 26.0. The molecule has 0 bridgehead atoms. The van der Waals surface area contributed by atoms with E-state index in [2.05, 4.69) is 6.07 Å². The summed E-state index contributed by atoms with van der Waals surface area (Å²) in [6.07, 6.45) is 0.168. The quantitative estimate of drug-likeness (QED) is 0.551. The number of aryl methyl sites for hydroxylation is 2. The molecule has 2 heteroatoms. The van der Waals surface area contributed by atoms with Gasteiger partial charge in [0.25, 0.3) is 0 Å². The van der Waals surface area contributed by atoms with Crippen LogP contribution in [0.25, 0.3) is 0 Å². The first-order valence-corrected chi connectivity index (χ1v) is 8.81. The zero-order chi connectivity index (χ0) is 18.5. The van der Waals surface area contributed by atoms with Gasteiger partial charge in [-0.25, -0.2) is 0 Å². The van der Waals surface area contributed by atoms with Crippen LogP contribution in [0, 0.1) is 13.8 Å². The highest BCUT2D eigenvalue weighted by Gasteiger charge is 2.26. The highest BCUT2D eigenvalue weighted by atomic mass is 16.1. The second kappa shape index (κ2) is 7.92. The number of hydrogen-bond donors (Lipinski definition) is 0. The van der Waals surface area contributed by atoms with Crippen LogP contribution in [0.15, 0.2) is 78.9 Å². The second-order valence-electron chi connectivity index (χ2n) is 6.64. The SMILES string of the molecule is Cc1ccc(C(CC(=O)c2ccccc2)C(=O)c2ccccc2)c(C)c1. The fourth-order valence-corrected chi connectivity index (χ4v) is 3.29. The Morgan fingerprint density at radius 1 is 0.769 bits per heavy atom. The minimum absolute atomic E-state index is 0.0122. The number of carbonyl (C=O) groups excluding carboxylic acids is 2. The molecular weight excluding hydrogens is 320 g/mol. The highest BCUT2D eigenvalue weighted by Crippen LogP contribution is 2.29. The van der Waals surface area contributed by atoms with Crippen molar-refractivity contribution in [2.45, 2.75) is 26.2 Å². The van der Waals surface area contributed by atoms with Crippen molar-refractivity contribution in [3.63, 3.8) is 0 Å². The van der Waals surface area contributed by atoms with Crippen LogP contribution >= 0.6 is 0 Å². The van der Waals surface area contributed by atoms with E-state index in [0.717, 1.165) is 16.7 Å². The molecule has 0 N–H and O–H groups in total. The molecule has 0 aromatic heterocycles. The molecule has 0 saturated heterocycles. The Labute approximate surface area is 154 Å². The summed E-state index contributed by atoms with van der Waals surface area (Å²) in [5, 5.41) is 0. The van der Waals surface area contributed by atoms with Gasteiger partial charge in [-0.1, -0.05) is 84.4 Å². The lowest BCUT2D eigenvalue weighted by atomic mass is 9.83. The van der Waals surface area contributed by atoms with Crippen LogP contribution in [0.4, 0.5) is 0 Å². The van der Waals surface area contributed by atoms with E-state index in [-0.39, 0.29) is 18.0 Å². The first kappa shape index (κ1) is 17.8. The third-order valence-corrected chi connectivity index (χ3v) is 4.66. The maximum atomic E-state index is 13.2. The zero-order valence-corrected chi connectivity index (χ0v) is 15.1. The van der Waals surface area contributed by atoms with Gasteiger partial charge in [0.2, 0.25) is 0 Å². The van der Waals surface area contributed by atoms with Gasteiger partial charge in [0.05, 0.1) is 5.92 Å². The van der Waals surface area contributed by atoms with Crippen LogP contribution < -0.4 is 0 Å². The number of benzene rings is 3. The van der Waals surface area contributed by atoms with Crippen molar-refractivity contribution < 1.29 is 9.59 Å². The van der Waals surface area contributed by atoms with Gasteiger partial charge in [-0.05, 0) is 25.0 Å². The number of ketones is 2. The summed E-state index contributed by atoms with van der Waals surface area (Å²) in [6.45, 7) is 4.03. The van der Waals surface area contributed by atoms with E-state index in [1.54, 1.807) is 12.1 Å². The highest BCUT2D eigenvalue weighted by molar-refractivity contribution is 6.06. The molecule has 0 saturated carbocycles. The summed E-state index contributed by atoms with van der Waals surface area (Å²) < 4.78 is 0. The van der Waals surface area contributed by atoms with Crippen LogP contribution in [0.5, 0.6) is 0 Å². The summed E-state index contributed by atoms with van der Waals surface area (Å²) in [7, 11) is 0. The van der Waals surface area contributed by atoms with E-state index in [1.165, 1.54) is 0 Å². The number of hydrogen-bond acceptors (Lipinski definition) is 2. The van der Waals surface area contributed by atoms with Gasteiger partial charge < -0.3 is 0 Å². The maximum absolute atomic E-state index is 13.2. The fourth-order valence-electron chi connectivity index (χ4n) is 3.29. The molecule has 3 aromatic rings. The Bertz CT molecular complexity index is 911. The summed E-state index contributed by atoms with van der Waals surface area (Å²) in [5.74, 6) is -0.507. The average Bonchev–Trinajstić information content (AvgIpc) is 2.67. The van der Waals surface area contributed by atoms with E-state index in [0.29, 0.717) is 11.1 Å². The molecule has 0 aliphatic rings. The van der Waals surface area contributed by atoms with Gasteiger partial charge in [0, 0.05) is 17.5 Å². The Hall–Kier alpha value is -3.00. The van der Waals surface area contributed by atoms with Gasteiger partial charge in [-0.3, -0.25) is 9.59 Å². The van der Waals surface area contributed by atoms with Crippen molar-refractivity contribution in [1.29, 1.82) is 0 Å². The van der Waals surface area contributed by atoms with E-state index in [9.17, 15) is 9.59 Å². The first-order chi connectivity index (χ1) is 12.6. The Balaban J connectivity index is 1.99. The smallest absolute Gasteiger partial charge is 0.170 e. The van der Waals surface area contributed by atoms with Gasteiger partial charge in [-0.15, -0.1) is 0 Å². The number of rotatable bonds is 6. The molecule has 1 unspecified atom stereocenters. The third kappa shape index (κ3) is 3.97. The molecular formula is C24H22O2. The van der Waals surface area contributed by atoms with E-state index in [1.807, 2.05) is 74.5 Å². The van der Waals surface area contributed by atoms with E-state index in [4.69, 9.17) is 0 Å². The van der Waals surface area contributed by atoms with Crippen LogP contribution in [0.3, 0.4) is 0 Å². The summed E-state index contributed by atoms with van der Waals surface area (Å²) in [6, 6.07) is 24.4. The molecule has 0 aliphatic heterocycles. The van der Waals surface area contributed by atoms with E-state index >= 15 is 0 Å². The molecule has 0 fully saturated rings. The second-order valence-corrected chi connectivity index (χ2v) is 6.64. The van der Waals surface area contributed by atoms with Gasteiger partial charge in [0.1, 0.15) is 0 Å². The monoisotopic (exact) mass is 342 g/mol. The number of Topliss-reactive ketones (excluding diaryl/α,β-unsaturated/α-hetero) is 2. The maximum Gasteiger partial charge on any atom is 0.170 e. The van der Waals surface area contributed by atoms with Crippen molar-refractivity contribution >= 4 is 11.6 Å². The Morgan fingerprint density at radius 2 is 1.35 bits per heavy atom. The van der Waals surface area contributed by atoms with Crippen LogP contribution in [-0.2, 0) is 0 Å². The zero-order valence-electron chi connectivity index (χ0n) is 15.1. The van der Waals surface area contributed by atoms with Crippen molar-refractivity contribution in [2.75, 3.05) is 0 Å². The lowest BCUT2D eigenvalue weighted by Crippen LogP contribution is -2.18. The summed E-state index contributed by atoms with van der Waals surface area (Å²) in [5.41, 5.74) is 4.39. The topological polar surface area (TPSA) is 34.1 Å². The minimum Gasteiger partial charge on any atom is -0.294 e. The summed E-state index contributed by atoms with van der Waals surface area (Å²) >= 11 is 0. The molecule has 0 amide bonds. The standard InChI is InChI=1S/C24H22O2/c1-17-13-14-21(18(2)15-17)22(24(26)20-11-7-4-8-12-20)16-23(25)19-9-5-3-6-10-19/h3-15,22H,16H2,1-2H3. The molecule has 0 aliphatic carbocycles. The molecule has 0 radical (unpaired) electrons. The predicted molar refractivity (Wildman–Crippen MR) is 105 cm³/mol. The normalized spacial score (nSPS) is 11.8. The molecule has 3 rings (SSSR count). The van der Waals surface area contributed by atoms with Crippen molar-refractivity contribution in [2.24, 2.45) is 0 Å². The first-order valence-electron chi connectivity index (χ1n) is 8.81. The largest absolute Gasteiger partial charge is 0.294 e. The van der Waals surface area contributed by atoms with Crippen LogP contribution in [0.2, 0.25) is 0 Å². The van der Waals surface area contributed by atoms with E-state index < -0.39 is 5.92 Å². The molecule has 130 valence electrons. The molecule has 1 atom stereocenters. The lowest BCUT2D eigenvalue weighted by molar-refractivity contribution is 0.0893. The lowest BCUT2D eigenvalue weighted by Gasteiger charge is -2.19. The Kier molecular flexibility index (Phi) is 5.43. The fraction of sp³-hybridized carbons (Fsp3) is 0.167. The predicted octanol–water partition coefficient (Wildman–Crippen LogP) is 5.54. The molecule has 3 aromatic carbocycles. The Morgan fingerprint density at radius 3 is 1.92 bits per heavy atom. The third-order valence-electron chi connectivity index (χ3n) is 4.66. The van der Waals surface area contributed by atoms with Crippen LogP contribution in [-0.4, -0.2) is 11.6 Å². The molecule has 0 spiro atoms. The van der Waals surface area contributed by atoms with Crippen molar-refractivity contribution in [3.05, 3.63) is 107 Å². The molecule has 0 heterocycles. The molecule has 2 nitrogen and oxygen atoms in total. The van der Waals surface area contributed by atoms with Gasteiger partial charge in [0.15, 0.2) is 11.6 Å². The van der Waals surface area contributed by atoms with Gasteiger partial charge in [-0.2, -0.15) is 0 Å². The minimum atomic E-state index is -0.481. The average molecular weight is 342 g/mol. The molecule has 26 heavy (non-hydrogen) atoms. The van der Waals surface area contributed by atoms with Gasteiger partial charge >= 0.3 is 0 Å². The van der Waals surface area contributed by atoms with Crippen molar-refractivity contribution in [3.8, 4) is 0 Å². The van der Waals surface area contributed by atoms with Crippen LogP contribution in [0.1, 0.15) is 49.7 Å².